The first-order chi connectivity index (χ1) is 12.8. The largest absolute Gasteiger partial charge is 0.349 e. The summed E-state index contributed by atoms with van der Waals surface area (Å²) in [5, 5.41) is 8.08. The molecule has 0 saturated carbocycles. The van der Waals surface area contributed by atoms with Crippen molar-refractivity contribution in [1.29, 1.82) is 0 Å². The molecule has 3 N–H and O–H groups in total. The summed E-state index contributed by atoms with van der Waals surface area (Å²) in [5.41, 5.74) is 2.56. The summed E-state index contributed by atoms with van der Waals surface area (Å²) in [6, 6.07) is 14.4. The lowest BCUT2D eigenvalue weighted by Crippen LogP contribution is -2.36. The summed E-state index contributed by atoms with van der Waals surface area (Å²) in [4.78, 5) is 35.7. The second-order valence-corrected chi connectivity index (χ2v) is 7.03. The van der Waals surface area contributed by atoms with Gasteiger partial charge in [-0.15, -0.1) is 0 Å². The third kappa shape index (κ3) is 6.86. The van der Waals surface area contributed by atoms with Crippen molar-refractivity contribution in [3.63, 3.8) is 0 Å². The Morgan fingerprint density at radius 3 is 2.30 bits per heavy atom. The van der Waals surface area contributed by atoms with Gasteiger partial charge in [-0.25, -0.2) is 0 Å². The predicted molar refractivity (Wildman–Crippen MR) is 108 cm³/mol. The number of carbonyl (C=O) groups excluding carboxylic acids is 3. The molecule has 2 rings (SSSR count). The van der Waals surface area contributed by atoms with Crippen molar-refractivity contribution in [2.45, 2.75) is 26.3 Å². The molecule has 0 saturated heterocycles. The van der Waals surface area contributed by atoms with Crippen molar-refractivity contribution in [3.8, 4) is 0 Å². The van der Waals surface area contributed by atoms with Crippen LogP contribution < -0.4 is 16.0 Å². The summed E-state index contributed by atoms with van der Waals surface area (Å²) < 4.78 is 0.759. The first kappa shape index (κ1) is 20.6. The second kappa shape index (κ2) is 9.87. The van der Waals surface area contributed by atoms with E-state index in [9.17, 15) is 14.4 Å². The lowest BCUT2D eigenvalue weighted by Gasteiger charge is -2.18. The number of hydrogen-bond donors (Lipinski definition) is 3. The summed E-state index contributed by atoms with van der Waals surface area (Å²) >= 11 is 3.35. The number of aryl methyl sites for hydroxylation is 1. The van der Waals surface area contributed by atoms with E-state index < -0.39 is 6.04 Å². The highest BCUT2D eigenvalue weighted by molar-refractivity contribution is 9.10. The maximum absolute atomic E-state index is 12.2. The van der Waals surface area contributed by atoms with Gasteiger partial charge in [-0.2, -0.15) is 0 Å². The zero-order chi connectivity index (χ0) is 19.8. The van der Waals surface area contributed by atoms with Crippen molar-refractivity contribution in [3.05, 3.63) is 64.1 Å². The summed E-state index contributed by atoms with van der Waals surface area (Å²) in [7, 11) is 0. The number of nitrogens with one attached hydrogen (secondary N) is 3. The first-order valence-electron chi connectivity index (χ1n) is 8.50. The van der Waals surface area contributed by atoms with Crippen molar-refractivity contribution < 1.29 is 14.4 Å². The molecule has 2 aromatic rings. The molecule has 3 amide bonds. The van der Waals surface area contributed by atoms with Crippen molar-refractivity contribution in [2.75, 3.05) is 11.9 Å². The molecule has 1 unspecified atom stereocenters. The molecule has 27 heavy (non-hydrogen) atoms. The molecule has 0 spiro atoms. The van der Waals surface area contributed by atoms with E-state index in [1.807, 2.05) is 43.3 Å². The molecule has 0 bridgehead atoms. The molecule has 0 aliphatic rings. The SMILES string of the molecule is CC(=O)NC(CC(=O)NCC(=O)Nc1ccccc1Br)c1ccc(C)cc1. The highest BCUT2D eigenvalue weighted by atomic mass is 79.9. The third-order valence-electron chi connectivity index (χ3n) is 3.84. The van der Waals surface area contributed by atoms with Crippen LogP contribution in [0.2, 0.25) is 0 Å². The van der Waals surface area contributed by atoms with Crippen molar-refractivity contribution in [2.24, 2.45) is 0 Å². The van der Waals surface area contributed by atoms with Crippen LogP contribution in [0.5, 0.6) is 0 Å². The molecule has 6 nitrogen and oxygen atoms in total. The number of amides is 3. The van der Waals surface area contributed by atoms with Gasteiger partial charge >= 0.3 is 0 Å². The zero-order valence-corrected chi connectivity index (χ0v) is 16.8. The van der Waals surface area contributed by atoms with E-state index in [0.29, 0.717) is 5.69 Å². The Balaban J connectivity index is 1.91. The van der Waals surface area contributed by atoms with Crippen LogP contribution in [0.3, 0.4) is 0 Å². The number of halogens is 1. The van der Waals surface area contributed by atoms with Gasteiger partial charge in [0.1, 0.15) is 0 Å². The van der Waals surface area contributed by atoms with Gasteiger partial charge in [0.2, 0.25) is 17.7 Å². The summed E-state index contributed by atoms with van der Waals surface area (Å²) in [6.07, 6.45) is 0.0466. The number of benzene rings is 2. The van der Waals surface area contributed by atoms with Crippen LogP contribution in [0.15, 0.2) is 53.0 Å². The molecular formula is C20H22BrN3O3. The minimum atomic E-state index is -0.450. The molecule has 0 radical (unpaired) electrons. The Hall–Kier alpha value is -2.67. The lowest BCUT2D eigenvalue weighted by molar-refractivity contribution is -0.125. The average molecular weight is 432 g/mol. The Morgan fingerprint density at radius 1 is 1.00 bits per heavy atom. The van der Waals surface area contributed by atoms with Crippen LogP contribution in [-0.4, -0.2) is 24.3 Å². The van der Waals surface area contributed by atoms with Gasteiger partial charge in [-0.1, -0.05) is 42.0 Å². The van der Waals surface area contributed by atoms with Gasteiger partial charge in [-0.05, 0) is 40.5 Å². The quantitative estimate of drug-likeness (QED) is 0.629. The summed E-state index contributed by atoms with van der Waals surface area (Å²) in [6.45, 7) is 3.22. The fourth-order valence-electron chi connectivity index (χ4n) is 2.49. The smallest absolute Gasteiger partial charge is 0.243 e. The number of hydrogen-bond acceptors (Lipinski definition) is 3. The number of carbonyl (C=O) groups is 3. The van der Waals surface area contributed by atoms with Gasteiger partial charge in [0, 0.05) is 11.4 Å². The second-order valence-electron chi connectivity index (χ2n) is 6.17. The van der Waals surface area contributed by atoms with Crippen LogP contribution in [0, 0.1) is 6.92 Å². The molecule has 0 aromatic heterocycles. The normalized spacial score (nSPS) is 11.4. The van der Waals surface area contributed by atoms with Crippen molar-refractivity contribution in [1.82, 2.24) is 10.6 Å². The van der Waals surface area contributed by atoms with Crippen LogP contribution in [0.25, 0.3) is 0 Å². The van der Waals surface area contributed by atoms with E-state index in [1.165, 1.54) is 6.92 Å². The van der Waals surface area contributed by atoms with E-state index in [2.05, 4.69) is 31.9 Å². The van der Waals surface area contributed by atoms with E-state index in [0.717, 1.165) is 15.6 Å². The zero-order valence-electron chi connectivity index (χ0n) is 15.2. The van der Waals surface area contributed by atoms with Gasteiger partial charge in [-0.3, -0.25) is 14.4 Å². The molecule has 0 fully saturated rings. The molecule has 142 valence electrons. The minimum Gasteiger partial charge on any atom is -0.349 e. The number of rotatable bonds is 7. The van der Waals surface area contributed by atoms with Gasteiger partial charge in [0.25, 0.3) is 0 Å². The fourth-order valence-corrected chi connectivity index (χ4v) is 2.87. The Morgan fingerprint density at radius 2 is 1.67 bits per heavy atom. The van der Waals surface area contributed by atoms with Crippen LogP contribution in [0.4, 0.5) is 5.69 Å². The average Bonchev–Trinajstić information content (AvgIpc) is 2.62. The van der Waals surface area contributed by atoms with E-state index in [4.69, 9.17) is 0 Å². The maximum atomic E-state index is 12.2. The highest BCUT2D eigenvalue weighted by Gasteiger charge is 2.17. The molecular weight excluding hydrogens is 410 g/mol. The predicted octanol–water partition coefficient (Wildman–Crippen LogP) is 3.08. The maximum Gasteiger partial charge on any atom is 0.243 e. The molecule has 0 aliphatic heterocycles. The van der Waals surface area contributed by atoms with Gasteiger partial charge in [0.05, 0.1) is 24.7 Å². The van der Waals surface area contributed by atoms with Crippen molar-refractivity contribution >= 4 is 39.3 Å². The molecule has 0 aliphatic carbocycles. The number of para-hydroxylation sites is 1. The first-order valence-corrected chi connectivity index (χ1v) is 9.29. The van der Waals surface area contributed by atoms with Crippen LogP contribution >= 0.6 is 15.9 Å². The Labute approximate surface area is 166 Å². The van der Waals surface area contributed by atoms with Crippen LogP contribution in [0.1, 0.15) is 30.5 Å². The minimum absolute atomic E-state index is 0.0466. The Kier molecular flexibility index (Phi) is 7.55. The highest BCUT2D eigenvalue weighted by Crippen LogP contribution is 2.21. The molecule has 0 heterocycles. The van der Waals surface area contributed by atoms with Gasteiger partial charge in [0.15, 0.2) is 0 Å². The van der Waals surface area contributed by atoms with E-state index in [1.54, 1.807) is 12.1 Å². The van der Waals surface area contributed by atoms with E-state index >= 15 is 0 Å². The van der Waals surface area contributed by atoms with Gasteiger partial charge < -0.3 is 16.0 Å². The van der Waals surface area contributed by atoms with E-state index in [-0.39, 0.29) is 30.7 Å². The third-order valence-corrected chi connectivity index (χ3v) is 4.53. The molecule has 7 heteroatoms. The lowest BCUT2D eigenvalue weighted by atomic mass is 10.0. The molecule has 1 atom stereocenters. The van der Waals surface area contributed by atoms with Crippen LogP contribution in [-0.2, 0) is 14.4 Å². The topological polar surface area (TPSA) is 87.3 Å². The summed E-state index contributed by atoms with van der Waals surface area (Å²) in [5.74, 6) is -0.877. The monoisotopic (exact) mass is 431 g/mol. The Bertz CT molecular complexity index is 821. The number of anilines is 1. The standard InChI is InChI=1S/C20H22BrN3O3/c1-13-7-9-15(10-8-13)18(23-14(2)25)11-19(26)22-12-20(27)24-17-6-4-3-5-16(17)21/h3-10,18H,11-12H2,1-2H3,(H,22,26)(H,23,25)(H,24,27). The fraction of sp³-hybridized carbons (Fsp3) is 0.250. The molecule has 2 aromatic carbocycles.